The Labute approximate surface area is 207 Å². The number of benzene rings is 2. The molecule has 9 heteroatoms. The highest BCUT2D eigenvalue weighted by Crippen LogP contribution is 2.30. The molecular weight excluding hydrogens is 479 g/mol. The van der Waals surface area contributed by atoms with Gasteiger partial charge in [-0.3, -0.25) is 19.5 Å². The molecule has 1 N–H and O–H groups in total. The molecule has 0 spiro atoms. The number of pyridine rings is 1. The summed E-state index contributed by atoms with van der Waals surface area (Å²) in [5, 5.41) is 4.31. The van der Waals surface area contributed by atoms with Gasteiger partial charge < -0.3 is 10.2 Å². The van der Waals surface area contributed by atoms with E-state index < -0.39 is 6.04 Å². The summed E-state index contributed by atoms with van der Waals surface area (Å²) in [5.74, 6) is -0.575. The van der Waals surface area contributed by atoms with Gasteiger partial charge >= 0.3 is 0 Å². The lowest BCUT2D eigenvalue weighted by atomic mass is 10.1. The van der Waals surface area contributed by atoms with Crippen molar-refractivity contribution in [3.05, 3.63) is 88.2 Å². The van der Waals surface area contributed by atoms with Gasteiger partial charge in [0.05, 0.1) is 12.1 Å². The monoisotopic (exact) mass is 498 g/mol. The Balaban J connectivity index is 1.61. The smallest absolute Gasteiger partial charge is 0.256 e. The van der Waals surface area contributed by atoms with Crippen molar-refractivity contribution in [1.29, 1.82) is 0 Å². The third-order valence-corrected chi connectivity index (χ3v) is 6.50. The highest BCUT2D eigenvalue weighted by molar-refractivity contribution is 7.80. The lowest BCUT2D eigenvalue weighted by Gasteiger charge is -2.24. The van der Waals surface area contributed by atoms with Gasteiger partial charge in [0.25, 0.3) is 5.91 Å². The van der Waals surface area contributed by atoms with Crippen LogP contribution in [0.2, 0.25) is 10.0 Å². The zero-order valence-electron chi connectivity index (χ0n) is 17.7. The minimum absolute atomic E-state index is 0.0693. The Bertz CT molecular complexity index is 1200. The molecule has 33 heavy (non-hydrogen) atoms. The molecule has 1 saturated heterocycles. The van der Waals surface area contributed by atoms with Crippen molar-refractivity contribution in [1.82, 2.24) is 9.88 Å². The fraction of sp³-hybridized carbons (Fsp3) is 0.167. The van der Waals surface area contributed by atoms with Gasteiger partial charge in [0.2, 0.25) is 5.91 Å². The molecule has 3 aromatic rings. The maximum atomic E-state index is 13.5. The number of aromatic nitrogens is 1. The quantitative estimate of drug-likeness (QED) is 0.471. The van der Waals surface area contributed by atoms with E-state index in [1.165, 1.54) is 4.90 Å². The number of carbonyl (C=O) groups is 2. The number of carbonyl (C=O) groups excluding carboxylic acids is 2. The lowest BCUT2D eigenvalue weighted by molar-refractivity contribution is -0.124. The van der Waals surface area contributed by atoms with Crippen molar-refractivity contribution in [2.45, 2.75) is 25.9 Å². The number of anilines is 2. The lowest BCUT2D eigenvalue weighted by Crippen LogP contribution is -2.37. The van der Waals surface area contributed by atoms with E-state index in [2.05, 4.69) is 10.3 Å². The molecule has 0 radical (unpaired) electrons. The fourth-order valence-corrected chi connectivity index (χ4v) is 4.33. The first-order valence-corrected chi connectivity index (χ1v) is 11.4. The van der Waals surface area contributed by atoms with Crippen LogP contribution in [0, 0.1) is 6.92 Å². The molecule has 4 rings (SSSR count). The largest absolute Gasteiger partial charge is 0.332 e. The van der Waals surface area contributed by atoms with Crippen LogP contribution in [0.3, 0.4) is 0 Å². The van der Waals surface area contributed by atoms with E-state index in [0.29, 0.717) is 33.1 Å². The minimum Gasteiger partial charge on any atom is -0.332 e. The molecule has 1 aliphatic rings. The Morgan fingerprint density at radius 2 is 1.79 bits per heavy atom. The molecule has 0 bridgehead atoms. The van der Waals surface area contributed by atoms with Gasteiger partial charge in [0.1, 0.15) is 6.04 Å². The molecular formula is C24H20Cl2N4O2S. The van der Waals surface area contributed by atoms with Gasteiger partial charge in [-0.25, -0.2) is 0 Å². The van der Waals surface area contributed by atoms with Crippen LogP contribution in [0.25, 0.3) is 0 Å². The van der Waals surface area contributed by atoms with E-state index in [0.717, 1.165) is 11.1 Å². The van der Waals surface area contributed by atoms with E-state index in [-0.39, 0.29) is 18.2 Å². The van der Waals surface area contributed by atoms with Gasteiger partial charge in [0.15, 0.2) is 5.11 Å². The molecule has 0 saturated carbocycles. The van der Waals surface area contributed by atoms with Gasteiger partial charge in [-0.1, -0.05) is 29.3 Å². The summed E-state index contributed by atoms with van der Waals surface area (Å²) in [6.07, 6.45) is 3.29. The summed E-state index contributed by atoms with van der Waals surface area (Å²) < 4.78 is 0. The predicted molar refractivity (Wildman–Crippen MR) is 135 cm³/mol. The maximum absolute atomic E-state index is 13.5. The van der Waals surface area contributed by atoms with Crippen molar-refractivity contribution in [2.24, 2.45) is 0 Å². The van der Waals surface area contributed by atoms with Crippen LogP contribution in [-0.4, -0.2) is 32.9 Å². The molecule has 168 valence electrons. The van der Waals surface area contributed by atoms with Gasteiger partial charge in [-0.2, -0.15) is 0 Å². The van der Waals surface area contributed by atoms with Gasteiger partial charge in [-0.05, 0) is 78.8 Å². The SMILES string of the molecule is Cc1c(Cl)cccc1NC(=O)CC1C(=O)N(c2ccc(Cl)cc2)C(=S)N1Cc1ccncc1. The van der Waals surface area contributed by atoms with Crippen LogP contribution in [0.4, 0.5) is 11.4 Å². The van der Waals surface area contributed by atoms with Crippen molar-refractivity contribution >= 4 is 63.7 Å². The molecule has 2 amide bonds. The first-order valence-electron chi connectivity index (χ1n) is 10.2. The second kappa shape index (κ2) is 9.87. The number of nitrogens with zero attached hydrogens (tertiary/aromatic N) is 3. The van der Waals surface area contributed by atoms with Crippen molar-refractivity contribution in [2.75, 3.05) is 10.2 Å². The van der Waals surface area contributed by atoms with E-state index in [4.69, 9.17) is 35.4 Å². The van der Waals surface area contributed by atoms with Crippen LogP contribution in [0.15, 0.2) is 67.0 Å². The number of halogens is 2. The molecule has 6 nitrogen and oxygen atoms in total. The Hall–Kier alpha value is -3.00. The van der Waals surface area contributed by atoms with Crippen LogP contribution < -0.4 is 10.2 Å². The summed E-state index contributed by atoms with van der Waals surface area (Å²) in [6.45, 7) is 2.19. The normalized spacial score (nSPS) is 15.8. The number of hydrogen-bond acceptors (Lipinski definition) is 4. The minimum atomic E-state index is -0.763. The van der Waals surface area contributed by atoms with Crippen LogP contribution >= 0.6 is 35.4 Å². The predicted octanol–water partition coefficient (Wildman–Crippen LogP) is 5.23. The molecule has 2 heterocycles. The number of rotatable bonds is 6. The van der Waals surface area contributed by atoms with E-state index in [9.17, 15) is 9.59 Å². The molecule has 1 fully saturated rings. The van der Waals surface area contributed by atoms with Gasteiger partial charge in [-0.15, -0.1) is 0 Å². The summed E-state index contributed by atoms with van der Waals surface area (Å²) in [7, 11) is 0. The second-order valence-electron chi connectivity index (χ2n) is 7.60. The van der Waals surface area contributed by atoms with Crippen LogP contribution in [0.1, 0.15) is 17.5 Å². The average Bonchev–Trinajstić information content (AvgIpc) is 3.02. The third-order valence-electron chi connectivity index (χ3n) is 5.43. The fourth-order valence-electron chi connectivity index (χ4n) is 3.65. The summed E-state index contributed by atoms with van der Waals surface area (Å²) in [4.78, 5) is 33.7. The third kappa shape index (κ3) is 5.00. The van der Waals surface area contributed by atoms with E-state index >= 15 is 0 Å². The Kier molecular flexibility index (Phi) is 6.93. The Morgan fingerprint density at radius 1 is 1.09 bits per heavy atom. The maximum Gasteiger partial charge on any atom is 0.256 e. The average molecular weight is 499 g/mol. The number of thiocarbonyl (C=S) groups is 1. The van der Waals surface area contributed by atoms with Crippen molar-refractivity contribution in [3.63, 3.8) is 0 Å². The zero-order valence-corrected chi connectivity index (χ0v) is 20.0. The first kappa shape index (κ1) is 23.2. The first-order chi connectivity index (χ1) is 15.8. The highest BCUT2D eigenvalue weighted by Gasteiger charge is 2.44. The number of nitrogens with one attached hydrogen (secondary N) is 1. The molecule has 1 atom stereocenters. The van der Waals surface area contributed by atoms with Crippen LogP contribution in [0.5, 0.6) is 0 Å². The summed E-state index contributed by atoms with van der Waals surface area (Å²) >= 11 is 17.9. The standard InChI is InChI=1S/C24H20Cl2N4O2S/c1-15-19(26)3-2-4-20(15)28-22(31)13-21-23(32)30(18-7-5-17(25)6-8-18)24(33)29(21)14-16-9-11-27-12-10-16/h2-12,21H,13-14H2,1H3,(H,28,31). The topological polar surface area (TPSA) is 65.5 Å². The number of hydrogen-bond donors (Lipinski definition) is 1. The second-order valence-corrected chi connectivity index (χ2v) is 8.81. The van der Waals surface area contributed by atoms with Gasteiger partial charge in [0, 0.05) is 34.7 Å². The van der Waals surface area contributed by atoms with Crippen molar-refractivity contribution < 1.29 is 9.59 Å². The molecule has 2 aromatic carbocycles. The van der Waals surface area contributed by atoms with E-state index in [1.807, 2.05) is 19.1 Å². The highest BCUT2D eigenvalue weighted by atomic mass is 35.5. The molecule has 1 aliphatic heterocycles. The molecule has 1 unspecified atom stereocenters. The van der Waals surface area contributed by atoms with E-state index in [1.54, 1.807) is 59.8 Å². The number of amides is 2. The summed E-state index contributed by atoms with van der Waals surface area (Å²) in [6, 6.07) is 15.1. The zero-order chi connectivity index (χ0) is 23.5. The Morgan fingerprint density at radius 3 is 2.48 bits per heavy atom. The molecule has 0 aliphatic carbocycles. The van der Waals surface area contributed by atoms with Crippen LogP contribution in [-0.2, 0) is 16.1 Å². The van der Waals surface area contributed by atoms with Crippen molar-refractivity contribution in [3.8, 4) is 0 Å². The summed E-state index contributed by atoms with van der Waals surface area (Å²) in [5.41, 5.74) is 2.89. The molecule has 1 aromatic heterocycles.